The maximum absolute atomic E-state index is 13.2. The van der Waals surface area contributed by atoms with Gasteiger partial charge in [-0.1, -0.05) is 44.0 Å². The lowest BCUT2D eigenvalue weighted by Crippen LogP contribution is -2.43. The quantitative estimate of drug-likeness (QED) is 0.389. The number of alkyl carbamates (subject to hydrolysis) is 1. The summed E-state index contributed by atoms with van der Waals surface area (Å²) >= 11 is 0. The van der Waals surface area contributed by atoms with Crippen molar-refractivity contribution >= 4 is 12.2 Å². The molecule has 0 aromatic heterocycles. The van der Waals surface area contributed by atoms with Gasteiger partial charge >= 0.3 is 12.2 Å². The molecule has 2 amide bonds. The maximum atomic E-state index is 13.2. The lowest BCUT2D eigenvalue weighted by molar-refractivity contribution is 0.0442. The predicted octanol–water partition coefficient (Wildman–Crippen LogP) is 5.93. The highest BCUT2D eigenvalue weighted by molar-refractivity contribution is 5.69. The third kappa shape index (κ3) is 10.5. The van der Waals surface area contributed by atoms with Crippen LogP contribution in [0, 0.1) is 0 Å². The molecule has 0 bridgehead atoms. The van der Waals surface area contributed by atoms with Crippen molar-refractivity contribution in [3.8, 4) is 11.5 Å². The van der Waals surface area contributed by atoms with Crippen molar-refractivity contribution in [2.75, 3.05) is 20.8 Å². The van der Waals surface area contributed by atoms with Crippen molar-refractivity contribution in [2.24, 2.45) is 0 Å². The largest absolute Gasteiger partial charge is 0.497 e. The molecule has 0 heterocycles. The van der Waals surface area contributed by atoms with Gasteiger partial charge in [0.15, 0.2) is 0 Å². The summed E-state index contributed by atoms with van der Waals surface area (Å²) in [6.07, 6.45) is 1.54. The standard InChI is InChI=1S/C28H40N2O6/c1-7-8-9-23(29-26(31)36-28(2,3)4)20-35-27(32)30(18-21-10-14-24(33-5)15-11-21)19-22-12-16-25(34-6)17-13-22/h10-17,23H,7-9,18-20H2,1-6H3,(H,29,31). The molecule has 2 rings (SSSR count). The van der Waals surface area contributed by atoms with Crippen LogP contribution in [-0.4, -0.2) is 49.6 Å². The van der Waals surface area contributed by atoms with E-state index in [0.29, 0.717) is 19.5 Å². The van der Waals surface area contributed by atoms with E-state index in [1.807, 2.05) is 69.3 Å². The van der Waals surface area contributed by atoms with Crippen LogP contribution >= 0.6 is 0 Å². The van der Waals surface area contributed by atoms with E-state index in [4.69, 9.17) is 18.9 Å². The minimum Gasteiger partial charge on any atom is -0.497 e. The lowest BCUT2D eigenvalue weighted by Gasteiger charge is -2.26. The zero-order valence-electron chi connectivity index (χ0n) is 22.3. The fourth-order valence-corrected chi connectivity index (χ4v) is 3.47. The first kappa shape index (κ1) is 28.8. The maximum Gasteiger partial charge on any atom is 0.410 e. The summed E-state index contributed by atoms with van der Waals surface area (Å²) in [4.78, 5) is 27.1. The van der Waals surface area contributed by atoms with Gasteiger partial charge in [0.2, 0.25) is 0 Å². The molecule has 2 aromatic rings. The van der Waals surface area contributed by atoms with Crippen LogP contribution < -0.4 is 14.8 Å². The van der Waals surface area contributed by atoms with Gasteiger partial charge in [-0.3, -0.25) is 4.90 Å². The van der Waals surface area contributed by atoms with Gasteiger partial charge in [-0.2, -0.15) is 0 Å². The first-order valence-corrected chi connectivity index (χ1v) is 12.3. The number of benzene rings is 2. The molecule has 0 saturated heterocycles. The van der Waals surface area contributed by atoms with Gasteiger partial charge in [0.1, 0.15) is 23.7 Å². The molecule has 0 aliphatic heterocycles. The number of nitrogens with zero attached hydrogens (tertiary/aromatic N) is 1. The van der Waals surface area contributed by atoms with E-state index in [2.05, 4.69) is 12.2 Å². The lowest BCUT2D eigenvalue weighted by atomic mass is 10.1. The van der Waals surface area contributed by atoms with Crippen LogP contribution in [0.3, 0.4) is 0 Å². The summed E-state index contributed by atoms with van der Waals surface area (Å²) in [6, 6.07) is 14.8. The van der Waals surface area contributed by atoms with E-state index in [0.717, 1.165) is 35.5 Å². The molecule has 2 aromatic carbocycles. The van der Waals surface area contributed by atoms with E-state index in [-0.39, 0.29) is 12.6 Å². The molecule has 0 aliphatic rings. The van der Waals surface area contributed by atoms with E-state index in [1.54, 1.807) is 19.1 Å². The van der Waals surface area contributed by atoms with Gasteiger partial charge in [0.25, 0.3) is 0 Å². The van der Waals surface area contributed by atoms with Crippen molar-refractivity contribution < 1.29 is 28.5 Å². The van der Waals surface area contributed by atoms with Crippen LogP contribution in [0.4, 0.5) is 9.59 Å². The second kappa shape index (κ2) is 14.2. The highest BCUT2D eigenvalue weighted by atomic mass is 16.6. The Bertz CT molecular complexity index is 889. The predicted molar refractivity (Wildman–Crippen MR) is 139 cm³/mol. The van der Waals surface area contributed by atoms with Crippen molar-refractivity contribution in [1.82, 2.24) is 10.2 Å². The third-order valence-corrected chi connectivity index (χ3v) is 5.36. The SMILES string of the molecule is CCCCC(COC(=O)N(Cc1ccc(OC)cc1)Cc1ccc(OC)cc1)NC(=O)OC(C)(C)C. The molecule has 0 fully saturated rings. The van der Waals surface area contributed by atoms with Gasteiger partial charge < -0.3 is 24.3 Å². The number of hydrogen-bond acceptors (Lipinski definition) is 6. The summed E-state index contributed by atoms with van der Waals surface area (Å²) in [5, 5.41) is 2.84. The molecular weight excluding hydrogens is 460 g/mol. The van der Waals surface area contributed by atoms with Crippen molar-refractivity contribution in [3.05, 3.63) is 59.7 Å². The molecule has 1 unspecified atom stereocenters. The number of carbonyl (C=O) groups excluding carboxylic acids is 2. The molecular formula is C28H40N2O6. The van der Waals surface area contributed by atoms with Gasteiger partial charge in [0.05, 0.1) is 20.3 Å². The van der Waals surface area contributed by atoms with E-state index in [9.17, 15) is 9.59 Å². The number of rotatable bonds is 12. The average molecular weight is 501 g/mol. The summed E-state index contributed by atoms with van der Waals surface area (Å²) in [7, 11) is 3.23. The average Bonchev–Trinajstić information content (AvgIpc) is 2.84. The number of nitrogens with one attached hydrogen (secondary N) is 1. The Hall–Kier alpha value is -3.42. The minimum absolute atomic E-state index is 0.0554. The molecule has 8 nitrogen and oxygen atoms in total. The molecule has 0 radical (unpaired) electrons. The Labute approximate surface area is 214 Å². The molecule has 198 valence electrons. The number of hydrogen-bond donors (Lipinski definition) is 1. The summed E-state index contributed by atoms with van der Waals surface area (Å²) in [6.45, 7) is 8.27. The van der Waals surface area contributed by atoms with E-state index in [1.165, 1.54) is 0 Å². The number of carbonyl (C=O) groups is 2. The second-order valence-corrected chi connectivity index (χ2v) is 9.61. The van der Waals surface area contributed by atoms with Crippen molar-refractivity contribution in [3.63, 3.8) is 0 Å². The van der Waals surface area contributed by atoms with E-state index >= 15 is 0 Å². The Kier molecular flexibility index (Phi) is 11.4. The zero-order chi connectivity index (χ0) is 26.6. The molecule has 0 aliphatic carbocycles. The molecule has 36 heavy (non-hydrogen) atoms. The summed E-state index contributed by atoms with van der Waals surface area (Å²) < 4.78 is 21.5. The first-order valence-electron chi connectivity index (χ1n) is 12.3. The highest BCUT2D eigenvalue weighted by Gasteiger charge is 2.22. The molecule has 0 spiro atoms. The van der Waals surface area contributed by atoms with Crippen molar-refractivity contribution in [1.29, 1.82) is 0 Å². The van der Waals surface area contributed by atoms with Crippen LogP contribution in [0.1, 0.15) is 58.1 Å². The van der Waals surface area contributed by atoms with Gasteiger partial charge in [-0.25, -0.2) is 9.59 Å². The minimum atomic E-state index is -0.608. The Morgan fingerprint density at radius 2 is 1.39 bits per heavy atom. The van der Waals surface area contributed by atoms with Crippen LogP contribution in [-0.2, 0) is 22.6 Å². The zero-order valence-corrected chi connectivity index (χ0v) is 22.3. The highest BCUT2D eigenvalue weighted by Crippen LogP contribution is 2.18. The monoisotopic (exact) mass is 500 g/mol. The van der Waals surface area contributed by atoms with Gasteiger partial charge in [0, 0.05) is 13.1 Å². The molecule has 0 saturated carbocycles. The normalized spacial score (nSPS) is 11.8. The number of methoxy groups -OCH3 is 2. The molecule has 1 N–H and O–H groups in total. The second-order valence-electron chi connectivity index (χ2n) is 9.61. The number of amides is 2. The fourth-order valence-electron chi connectivity index (χ4n) is 3.47. The van der Waals surface area contributed by atoms with Crippen LogP contribution in [0.15, 0.2) is 48.5 Å². The number of unbranched alkanes of at least 4 members (excludes halogenated alkanes) is 1. The van der Waals surface area contributed by atoms with Gasteiger partial charge in [-0.05, 0) is 62.6 Å². The van der Waals surface area contributed by atoms with Crippen LogP contribution in [0.25, 0.3) is 0 Å². The van der Waals surface area contributed by atoms with Crippen LogP contribution in [0.2, 0.25) is 0 Å². The van der Waals surface area contributed by atoms with Crippen LogP contribution in [0.5, 0.6) is 11.5 Å². The molecule has 1 atom stereocenters. The topological polar surface area (TPSA) is 86.3 Å². The Morgan fingerprint density at radius 1 is 0.889 bits per heavy atom. The summed E-state index contributed by atoms with van der Waals surface area (Å²) in [5.41, 5.74) is 1.27. The van der Waals surface area contributed by atoms with Crippen molar-refractivity contribution in [2.45, 2.75) is 71.7 Å². The number of ether oxygens (including phenoxy) is 4. The third-order valence-electron chi connectivity index (χ3n) is 5.36. The first-order chi connectivity index (χ1) is 17.1. The summed E-state index contributed by atoms with van der Waals surface area (Å²) in [5.74, 6) is 1.49. The van der Waals surface area contributed by atoms with Gasteiger partial charge in [-0.15, -0.1) is 0 Å². The fraction of sp³-hybridized carbons (Fsp3) is 0.500. The molecule has 8 heteroatoms. The van der Waals surface area contributed by atoms with E-state index < -0.39 is 17.8 Å². The Balaban J connectivity index is 2.11. The Morgan fingerprint density at radius 3 is 1.81 bits per heavy atom. The smallest absolute Gasteiger partial charge is 0.410 e.